The van der Waals surface area contributed by atoms with Gasteiger partial charge in [-0.1, -0.05) is 0 Å². The minimum absolute atomic E-state index is 0.177. The van der Waals surface area contributed by atoms with Gasteiger partial charge in [-0.3, -0.25) is 9.97 Å². The maximum atomic E-state index is 13.7. The lowest BCUT2D eigenvalue weighted by molar-refractivity contribution is 0.151. The van der Waals surface area contributed by atoms with E-state index in [1.165, 1.54) is 37.5 Å². The SMILES string of the molecule is Cc1nccc(-c2cc(C(F)F)ccn2)c1F. The van der Waals surface area contributed by atoms with Gasteiger partial charge in [0.1, 0.15) is 0 Å². The molecule has 88 valence electrons. The first-order chi connectivity index (χ1) is 8.09. The zero-order valence-corrected chi connectivity index (χ0v) is 8.99. The summed E-state index contributed by atoms with van der Waals surface area (Å²) in [6, 6.07) is 3.81. The molecule has 0 saturated carbocycles. The number of alkyl halides is 2. The van der Waals surface area contributed by atoms with Crippen molar-refractivity contribution in [1.29, 1.82) is 0 Å². The van der Waals surface area contributed by atoms with Gasteiger partial charge in [0.05, 0.1) is 11.4 Å². The van der Waals surface area contributed by atoms with Crippen molar-refractivity contribution < 1.29 is 13.2 Å². The van der Waals surface area contributed by atoms with Crippen LogP contribution in [0.5, 0.6) is 0 Å². The van der Waals surface area contributed by atoms with Crippen molar-refractivity contribution in [2.75, 3.05) is 0 Å². The molecule has 0 N–H and O–H groups in total. The average Bonchev–Trinajstić information content (AvgIpc) is 2.33. The zero-order chi connectivity index (χ0) is 12.4. The van der Waals surface area contributed by atoms with Crippen molar-refractivity contribution in [3.63, 3.8) is 0 Å². The molecule has 0 radical (unpaired) electrons. The standard InChI is InChI=1S/C12H9F3N2/c1-7-11(13)9(3-5-16-7)10-6-8(12(14)15)2-4-17-10/h2-6,12H,1H3. The van der Waals surface area contributed by atoms with Gasteiger partial charge in [0.15, 0.2) is 5.82 Å². The average molecular weight is 238 g/mol. The van der Waals surface area contributed by atoms with E-state index in [-0.39, 0.29) is 22.5 Å². The van der Waals surface area contributed by atoms with Gasteiger partial charge in [0.2, 0.25) is 0 Å². The quantitative estimate of drug-likeness (QED) is 0.799. The molecule has 2 nitrogen and oxygen atoms in total. The van der Waals surface area contributed by atoms with Crippen LogP contribution in [0.15, 0.2) is 30.6 Å². The van der Waals surface area contributed by atoms with Crippen molar-refractivity contribution in [3.8, 4) is 11.3 Å². The minimum atomic E-state index is -2.59. The van der Waals surface area contributed by atoms with Crippen LogP contribution in [-0.2, 0) is 0 Å². The second kappa shape index (κ2) is 4.53. The van der Waals surface area contributed by atoms with E-state index in [1.807, 2.05) is 0 Å². The van der Waals surface area contributed by atoms with Crippen molar-refractivity contribution in [2.45, 2.75) is 13.3 Å². The molecule has 0 aliphatic heterocycles. The molecule has 0 unspecified atom stereocenters. The third-order valence-electron chi connectivity index (χ3n) is 2.38. The highest BCUT2D eigenvalue weighted by molar-refractivity contribution is 5.60. The fourth-order valence-electron chi connectivity index (χ4n) is 1.48. The lowest BCUT2D eigenvalue weighted by Gasteiger charge is -2.06. The largest absolute Gasteiger partial charge is 0.263 e. The summed E-state index contributed by atoms with van der Waals surface area (Å²) in [4.78, 5) is 7.66. The number of hydrogen-bond acceptors (Lipinski definition) is 2. The van der Waals surface area contributed by atoms with Crippen LogP contribution in [0.3, 0.4) is 0 Å². The molecule has 0 aliphatic rings. The monoisotopic (exact) mass is 238 g/mol. The summed E-state index contributed by atoms with van der Waals surface area (Å²) in [6.45, 7) is 1.51. The van der Waals surface area contributed by atoms with Crippen LogP contribution in [0, 0.1) is 12.7 Å². The van der Waals surface area contributed by atoms with E-state index < -0.39 is 12.2 Å². The molecule has 2 heterocycles. The van der Waals surface area contributed by atoms with Gasteiger partial charge in [0.25, 0.3) is 6.43 Å². The van der Waals surface area contributed by atoms with Crippen LogP contribution in [-0.4, -0.2) is 9.97 Å². The molecular formula is C12H9F3N2. The van der Waals surface area contributed by atoms with Crippen LogP contribution >= 0.6 is 0 Å². The fraction of sp³-hybridized carbons (Fsp3) is 0.167. The molecule has 0 saturated heterocycles. The summed E-state index contributed by atoms with van der Waals surface area (Å²) in [5.41, 5.74) is 0.404. The van der Waals surface area contributed by atoms with Gasteiger partial charge in [0, 0.05) is 23.5 Å². The minimum Gasteiger partial charge on any atom is -0.258 e. The molecule has 0 spiro atoms. The Bertz CT molecular complexity index is 541. The van der Waals surface area contributed by atoms with Crippen molar-refractivity contribution in [3.05, 3.63) is 47.7 Å². The zero-order valence-electron chi connectivity index (χ0n) is 8.99. The Kier molecular flexibility index (Phi) is 3.08. The maximum absolute atomic E-state index is 13.7. The first-order valence-electron chi connectivity index (χ1n) is 4.95. The van der Waals surface area contributed by atoms with E-state index >= 15 is 0 Å². The van der Waals surface area contributed by atoms with E-state index in [4.69, 9.17) is 0 Å². The molecular weight excluding hydrogens is 229 g/mol. The summed E-state index contributed by atoms with van der Waals surface area (Å²) >= 11 is 0. The van der Waals surface area contributed by atoms with E-state index in [0.29, 0.717) is 0 Å². The highest BCUT2D eigenvalue weighted by atomic mass is 19.3. The van der Waals surface area contributed by atoms with Gasteiger partial charge in [-0.05, 0) is 25.1 Å². The lowest BCUT2D eigenvalue weighted by atomic mass is 10.1. The molecule has 2 aromatic heterocycles. The number of pyridine rings is 2. The summed E-state index contributed by atoms with van der Waals surface area (Å²) in [6.07, 6.45) is 0.0685. The summed E-state index contributed by atoms with van der Waals surface area (Å²) < 4.78 is 38.7. The molecule has 5 heteroatoms. The second-order valence-electron chi connectivity index (χ2n) is 3.53. The molecule has 0 aliphatic carbocycles. The first kappa shape index (κ1) is 11.6. The molecule has 2 rings (SSSR count). The van der Waals surface area contributed by atoms with Crippen molar-refractivity contribution in [2.24, 2.45) is 0 Å². The Morgan fingerprint density at radius 2 is 1.82 bits per heavy atom. The maximum Gasteiger partial charge on any atom is 0.263 e. The number of hydrogen-bond donors (Lipinski definition) is 0. The van der Waals surface area contributed by atoms with Gasteiger partial charge in [-0.25, -0.2) is 13.2 Å². The third kappa shape index (κ3) is 2.27. The Balaban J connectivity index is 2.53. The van der Waals surface area contributed by atoms with E-state index in [1.54, 1.807) is 0 Å². The molecule has 2 aromatic rings. The van der Waals surface area contributed by atoms with Crippen molar-refractivity contribution >= 4 is 0 Å². The van der Waals surface area contributed by atoms with Gasteiger partial charge < -0.3 is 0 Å². The third-order valence-corrected chi connectivity index (χ3v) is 2.38. The molecule has 0 atom stereocenters. The molecule has 0 fully saturated rings. The van der Waals surface area contributed by atoms with Gasteiger partial charge in [-0.15, -0.1) is 0 Å². The highest BCUT2D eigenvalue weighted by Crippen LogP contribution is 2.25. The molecule has 0 aromatic carbocycles. The summed E-state index contributed by atoms with van der Waals surface area (Å²) in [5, 5.41) is 0. The Hall–Kier alpha value is -1.91. The lowest BCUT2D eigenvalue weighted by Crippen LogP contribution is -1.95. The van der Waals surface area contributed by atoms with Crippen LogP contribution in [0.1, 0.15) is 17.7 Å². The van der Waals surface area contributed by atoms with Crippen LogP contribution in [0.4, 0.5) is 13.2 Å². The predicted molar refractivity (Wildman–Crippen MR) is 57.1 cm³/mol. The fourth-order valence-corrected chi connectivity index (χ4v) is 1.48. The van der Waals surface area contributed by atoms with Gasteiger partial charge in [-0.2, -0.15) is 0 Å². The smallest absolute Gasteiger partial charge is 0.258 e. The van der Waals surface area contributed by atoms with E-state index in [0.717, 1.165) is 0 Å². The number of nitrogens with zero attached hydrogens (tertiary/aromatic N) is 2. The summed E-state index contributed by atoms with van der Waals surface area (Å²) in [7, 11) is 0. The highest BCUT2D eigenvalue weighted by Gasteiger charge is 2.12. The van der Waals surface area contributed by atoms with Crippen LogP contribution in [0.2, 0.25) is 0 Å². The van der Waals surface area contributed by atoms with E-state index in [2.05, 4.69) is 9.97 Å². The van der Waals surface area contributed by atoms with Crippen LogP contribution in [0.25, 0.3) is 11.3 Å². The van der Waals surface area contributed by atoms with E-state index in [9.17, 15) is 13.2 Å². The van der Waals surface area contributed by atoms with Crippen LogP contribution < -0.4 is 0 Å². The molecule has 0 amide bonds. The Labute approximate surface area is 96.2 Å². The Morgan fingerprint density at radius 3 is 2.53 bits per heavy atom. The molecule has 17 heavy (non-hydrogen) atoms. The number of aryl methyl sites for hydroxylation is 1. The molecule has 0 bridgehead atoms. The van der Waals surface area contributed by atoms with Crippen molar-refractivity contribution in [1.82, 2.24) is 9.97 Å². The normalized spacial score (nSPS) is 10.9. The Morgan fingerprint density at radius 1 is 1.12 bits per heavy atom. The summed E-state index contributed by atoms with van der Waals surface area (Å²) in [5.74, 6) is -0.536. The first-order valence-corrected chi connectivity index (χ1v) is 4.95. The number of halogens is 3. The predicted octanol–water partition coefficient (Wildman–Crippen LogP) is 3.53. The second-order valence-corrected chi connectivity index (χ2v) is 3.53. The number of rotatable bonds is 2. The number of aromatic nitrogens is 2. The van der Waals surface area contributed by atoms with Gasteiger partial charge >= 0.3 is 0 Å². The topological polar surface area (TPSA) is 25.8 Å².